The van der Waals surface area contributed by atoms with E-state index in [0.29, 0.717) is 0 Å². The largest absolute Gasteiger partial charge is 0.460 e. The average Bonchev–Trinajstić information content (AvgIpc) is 2.31. The lowest BCUT2D eigenvalue weighted by Crippen LogP contribution is -2.28. The number of carbonyl (C=O) groups is 1. The summed E-state index contributed by atoms with van der Waals surface area (Å²) in [6.07, 6.45) is 1.76. The van der Waals surface area contributed by atoms with E-state index < -0.39 is 0 Å². The first-order valence-electron chi connectivity index (χ1n) is 5.73. The molecule has 16 heavy (non-hydrogen) atoms. The molecular formula is C14H22O2. The number of carbonyl (C=O) groups excluding carboxylic acids is 1. The third kappa shape index (κ3) is 7.04. The Balaban J connectivity index is 0.000000315. The molecule has 0 saturated carbocycles. The van der Waals surface area contributed by atoms with Gasteiger partial charge in [-0.05, 0) is 19.8 Å². The van der Waals surface area contributed by atoms with Gasteiger partial charge in [-0.1, -0.05) is 50.2 Å². The van der Waals surface area contributed by atoms with Gasteiger partial charge in [0, 0.05) is 6.92 Å². The molecule has 0 atom stereocenters. The van der Waals surface area contributed by atoms with Crippen molar-refractivity contribution < 1.29 is 9.53 Å². The van der Waals surface area contributed by atoms with Gasteiger partial charge in [0.1, 0.15) is 5.60 Å². The Hall–Kier alpha value is -1.31. The van der Waals surface area contributed by atoms with Gasteiger partial charge >= 0.3 is 5.97 Å². The Morgan fingerprint density at radius 3 is 1.44 bits per heavy atom. The monoisotopic (exact) mass is 222 g/mol. The second-order valence-corrected chi connectivity index (χ2v) is 3.91. The highest BCUT2D eigenvalue weighted by atomic mass is 16.6. The van der Waals surface area contributed by atoms with Gasteiger partial charge in [-0.2, -0.15) is 0 Å². The van der Waals surface area contributed by atoms with E-state index in [2.05, 4.69) is 0 Å². The maximum atomic E-state index is 10.6. The molecule has 0 heterocycles. The number of benzene rings is 1. The predicted octanol–water partition coefficient (Wildman–Crippen LogP) is 3.81. The number of rotatable bonds is 3. The molecule has 0 N–H and O–H groups in total. The molecule has 0 bridgehead atoms. The zero-order valence-electron chi connectivity index (χ0n) is 10.7. The van der Waals surface area contributed by atoms with Crippen LogP contribution in [0.25, 0.3) is 0 Å². The molecule has 0 aromatic heterocycles. The summed E-state index contributed by atoms with van der Waals surface area (Å²) in [6, 6.07) is 12.0. The van der Waals surface area contributed by atoms with E-state index >= 15 is 0 Å². The molecular weight excluding hydrogens is 200 g/mol. The predicted molar refractivity (Wildman–Crippen MR) is 67.2 cm³/mol. The highest BCUT2D eigenvalue weighted by Crippen LogP contribution is 2.18. The summed E-state index contributed by atoms with van der Waals surface area (Å²) in [4.78, 5) is 10.6. The normalized spacial score (nSPS) is 10.0. The number of esters is 1. The van der Waals surface area contributed by atoms with Crippen molar-refractivity contribution in [3.8, 4) is 0 Å². The number of hydrogen-bond donors (Lipinski definition) is 0. The zero-order valence-corrected chi connectivity index (χ0v) is 10.7. The lowest BCUT2D eigenvalue weighted by molar-refractivity contribution is -0.155. The quantitative estimate of drug-likeness (QED) is 0.727. The van der Waals surface area contributed by atoms with Crippen LogP contribution in [0.3, 0.4) is 0 Å². The molecule has 0 radical (unpaired) electrons. The lowest BCUT2D eigenvalue weighted by Gasteiger charge is -2.25. The first-order valence-corrected chi connectivity index (χ1v) is 5.73. The zero-order chi connectivity index (χ0) is 12.4. The Labute approximate surface area is 98.6 Å². The number of ether oxygens (including phenoxy) is 1. The first-order chi connectivity index (χ1) is 7.54. The van der Waals surface area contributed by atoms with Crippen LogP contribution in [0.15, 0.2) is 36.4 Å². The van der Waals surface area contributed by atoms with Gasteiger partial charge in [-0.3, -0.25) is 4.79 Å². The van der Waals surface area contributed by atoms with Crippen molar-refractivity contribution >= 4 is 5.97 Å². The van der Waals surface area contributed by atoms with Crippen molar-refractivity contribution in [2.45, 2.75) is 46.1 Å². The molecule has 0 fully saturated rings. The number of hydrogen-bond acceptors (Lipinski definition) is 2. The van der Waals surface area contributed by atoms with Gasteiger partial charge < -0.3 is 4.74 Å². The fraction of sp³-hybridized carbons (Fsp3) is 0.500. The molecule has 1 aromatic carbocycles. The van der Waals surface area contributed by atoms with E-state index in [9.17, 15) is 4.79 Å². The van der Waals surface area contributed by atoms with Gasteiger partial charge in [0.25, 0.3) is 0 Å². The van der Waals surface area contributed by atoms with Crippen molar-refractivity contribution in [2.24, 2.45) is 0 Å². The second-order valence-electron chi connectivity index (χ2n) is 3.91. The average molecular weight is 222 g/mol. The third-order valence-electron chi connectivity index (χ3n) is 2.55. The van der Waals surface area contributed by atoms with Crippen LogP contribution < -0.4 is 0 Å². The molecule has 90 valence electrons. The van der Waals surface area contributed by atoms with Crippen LogP contribution in [-0.4, -0.2) is 11.6 Å². The van der Waals surface area contributed by atoms with Crippen LogP contribution in [0.5, 0.6) is 0 Å². The van der Waals surface area contributed by atoms with Crippen LogP contribution in [0.4, 0.5) is 0 Å². The first kappa shape index (κ1) is 14.7. The molecule has 1 aromatic rings. The summed E-state index contributed by atoms with van der Waals surface area (Å²) in [7, 11) is 0. The molecule has 0 amide bonds. The van der Waals surface area contributed by atoms with E-state index in [-0.39, 0.29) is 11.6 Å². The van der Waals surface area contributed by atoms with Crippen molar-refractivity contribution in [2.75, 3.05) is 0 Å². The molecule has 2 nitrogen and oxygen atoms in total. The standard InChI is InChI=1S/C8H16O2.C6H6/c1-5-8(4,6-2)10-7(3)9;1-2-4-6-5-3-1/h5-6H2,1-4H3;1-6H. The summed E-state index contributed by atoms with van der Waals surface area (Å²) < 4.78 is 5.10. The topological polar surface area (TPSA) is 26.3 Å². The molecule has 2 heteroatoms. The summed E-state index contributed by atoms with van der Waals surface area (Å²) in [5.41, 5.74) is -0.244. The van der Waals surface area contributed by atoms with Gasteiger partial charge in [0.2, 0.25) is 0 Å². The Kier molecular flexibility index (Phi) is 7.27. The smallest absolute Gasteiger partial charge is 0.303 e. The van der Waals surface area contributed by atoms with Gasteiger partial charge in [0.05, 0.1) is 0 Å². The SMILES string of the molecule is CCC(C)(CC)OC(C)=O.c1ccccc1. The summed E-state index contributed by atoms with van der Waals surface area (Å²) >= 11 is 0. The summed E-state index contributed by atoms with van der Waals surface area (Å²) in [5, 5.41) is 0. The Bertz CT molecular complexity index is 249. The molecule has 0 unspecified atom stereocenters. The molecule has 0 spiro atoms. The lowest BCUT2D eigenvalue weighted by atomic mass is 10.0. The van der Waals surface area contributed by atoms with E-state index in [1.807, 2.05) is 57.2 Å². The second kappa shape index (κ2) is 7.91. The summed E-state index contributed by atoms with van der Waals surface area (Å²) in [6.45, 7) is 7.44. The van der Waals surface area contributed by atoms with E-state index in [1.54, 1.807) is 0 Å². The minimum absolute atomic E-state index is 0.189. The third-order valence-corrected chi connectivity index (χ3v) is 2.55. The van der Waals surface area contributed by atoms with E-state index in [4.69, 9.17) is 4.74 Å². The van der Waals surface area contributed by atoms with Gasteiger partial charge in [0.15, 0.2) is 0 Å². The molecule has 1 rings (SSSR count). The van der Waals surface area contributed by atoms with Crippen LogP contribution >= 0.6 is 0 Å². The van der Waals surface area contributed by atoms with E-state index in [1.165, 1.54) is 6.92 Å². The minimum atomic E-state index is -0.244. The van der Waals surface area contributed by atoms with Crippen LogP contribution in [0.2, 0.25) is 0 Å². The maximum Gasteiger partial charge on any atom is 0.303 e. The highest BCUT2D eigenvalue weighted by molar-refractivity contribution is 5.66. The molecule has 0 aliphatic carbocycles. The van der Waals surface area contributed by atoms with Crippen molar-refractivity contribution in [1.29, 1.82) is 0 Å². The van der Waals surface area contributed by atoms with E-state index in [0.717, 1.165) is 12.8 Å². The highest BCUT2D eigenvalue weighted by Gasteiger charge is 2.22. The van der Waals surface area contributed by atoms with Crippen molar-refractivity contribution in [3.63, 3.8) is 0 Å². The van der Waals surface area contributed by atoms with Crippen LogP contribution in [0, 0.1) is 0 Å². The molecule has 0 saturated heterocycles. The summed E-state index contributed by atoms with van der Waals surface area (Å²) in [5.74, 6) is -0.189. The molecule has 0 aliphatic rings. The Morgan fingerprint density at radius 1 is 1.00 bits per heavy atom. The maximum absolute atomic E-state index is 10.6. The van der Waals surface area contributed by atoms with Crippen LogP contribution in [0.1, 0.15) is 40.5 Å². The van der Waals surface area contributed by atoms with Gasteiger partial charge in [-0.15, -0.1) is 0 Å². The fourth-order valence-corrected chi connectivity index (χ4v) is 1.13. The van der Waals surface area contributed by atoms with Gasteiger partial charge in [-0.25, -0.2) is 0 Å². The van der Waals surface area contributed by atoms with Crippen LogP contribution in [-0.2, 0) is 9.53 Å². The van der Waals surface area contributed by atoms with Crippen molar-refractivity contribution in [3.05, 3.63) is 36.4 Å². The molecule has 0 aliphatic heterocycles. The Morgan fingerprint density at radius 2 is 1.31 bits per heavy atom. The van der Waals surface area contributed by atoms with Crippen molar-refractivity contribution in [1.82, 2.24) is 0 Å². The fourth-order valence-electron chi connectivity index (χ4n) is 1.13. The minimum Gasteiger partial charge on any atom is -0.460 e.